The topological polar surface area (TPSA) is 93.9 Å². The van der Waals surface area contributed by atoms with Crippen LogP contribution in [-0.2, 0) is 6.61 Å². The van der Waals surface area contributed by atoms with Crippen LogP contribution < -0.4 is 21.1 Å². The predicted octanol–water partition coefficient (Wildman–Crippen LogP) is 3.46. The van der Waals surface area contributed by atoms with E-state index in [0.717, 1.165) is 11.3 Å². The van der Waals surface area contributed by atoms with Crippen LogP contribution in [-0.4, -0.2) is 25.8 Å². The Balaban J connectivity index is 1.71. The molecule has 3 rings (SSSR count). The third-order valence-electron chi connectivity index (χ3n) is 4.40. The Morgan fingerprint density at radius 1 is 1.00 bits per heavy atom. The summed E-state index contributed by atoms with van der Waals surface area (Å²) >= 11 is 0. The fraction of sp³-hybridized carbons (Fsp3) is 0.130. The maximum absolute atomic E-state index is 12.4. The van der Waals surface area contributed by atoms with Crippen LogP contribution in [0.25, 0.3) is 0 Å². The first-order valence-corrected chi connectivity index (χ1v) is 9.16. The number of carbonyl (C=O) groups is 1. The summed E-state index contributed by atoms with van der Waals surface area (Å²) in [5.74, 6) is 0.268. The van der Waals surface area contributed by atoms with Crippen LogP contribution in [0.3, 0.4) is 0 Å². The Hall–Kier alpha value is -3.80. The lowest BCUT2D eigenvalue weighted by atomic mass is 10.1. The third kappa shape index (κ3) is 5.13. The highest BCUT2D eigenvalue weighted by Crippen LogP contribution is 2.21. The van der Waals surface area contributed by atoms with Gasteiger partial charge in [-0.3, -0.25) is 4.79 Å². The van der Waals surface area contributed by atoms with E-state index >= 15 is 0 Å². The molecule has 1 amide bonds. The van der Waals surface area contributed by atoms with Crippen LogP contribution in [0.2, 0.25) is 0 Å². The van der Waals surface area contributed by atoms with Crippen LogP contribution >= 0.6 is 0 Å². The average Bonchev–Trinajstić information content (AvgIpc) is 2.73. The highest BCUT2D eigenvalue weighted by atomic mass is 16.5. The van der Waals surface area contributed by atoms with Gasteiger partial charge in [0.05, 0.1) is 0 Å². The van der Waals surface area contributed by atoms with E-state index in [1.165, 1.54) is 0 Å². The number of amides is 1. The molecular weight excluding hydrogens is 364 g/mol. The molecule has 0 unspecified atom stereocenters. The molecule has 0 aliphatic carbocycles. The van der Waals surface area contributed by atoms with Crippen molar-refractivity contribution in [3.63, 3.8) is 0 Å². The summed E-state index contributed by atoms with van der Waals surface area (Å²) in [6.45, 7) is 0.435. The van der Waals surface area contributed by atoms with Gasteiger partial charge in [0.15, 0.2) is 0 Å². The van der Waals surface area contributed by atoms with E-state index < -0.39 is 5.91 Å². The van der Waals surface area contributed by atoms with Gasteiger partial charge in [-0.2, -0.15) is 4.99 Å². The molecule has 3 aromatic carbocycles. The zero-order valence-electron chi connectivity index (χ0n) is 16.5. The van der Waals surface area contributed by atoms with Gasteiger partial charge in [0.1, 0.15) is 18.2 Å². The maximum Gasteiger partial charge on any atom is 0.278 e. The molecule has 0 fully saturated rings. The van der Waals surface area contributed by atoms with E-state index in [0.29, 0.717) is 29.2 Å². The van der Waals surface area contributed by atoms with Crippen molar-refractivity contribution in [2.24, 2.45) is 10.7 Å². The number of hydrogen-bond donors (Lipinski definition) is 2. The van der Waals surface area contributed by atoms with E-state index in [-0.39, 0.29) is 5.84 Å². The van der Waals surface area contributed by atoms with Crippen molar-refractivity contribution in [2.45, 2.75) is 6.61 Å². The van der Waals surface area contributed by atoms with Gasteiger partial charge in [-0.1, -0.05) is 30.3 Å². The van der Waals surface area contributed by atoms with Crippen molar-refractivity contribution in [1.82, 2.24) is 0 Å². The van der Waals surface area contributed by atoms with Gasteiger partial charge < -0.3 is 21.1 Å². The number of carbonyl (C=O) groups excluding carboxylic acids is 1. The molecule has 0 spiro atoms. The number of anilines is 2. The van der Waals surface area contributed by atoms with Crippen molar-refractivity contribution in [3.8, 4) is 5.75 Å². The lowest BCUT2D eigenvalue weighted by Crippen LogP contribution is -2.18. The van der Waals surface area contributed by atoms with E-state index in [2.05, 4.69) is 4.99 Å². The summed E-state index contributed by atoms with van der Waals surface area (Å²) in [6, 6.07) is 22.1. The molecule has 29 heavy (non-hydrogen) atoms. The first-order chi connectivity index (χ1) is 13.9. The summed E-state index contributed by atoms with van der Waals surface area (Å²) in [5, 5.41) is 0. The summed E-state index contributed by atoms with van der Waals surface area (Å²) in [5.41, 5.74) is 15.5. The number of hydrogen-bond acceptors (Lipinski definition) is 4. The van der Waals surface area contributed by atoms with E-state index in [9.17, 15) is 4.79 Å². The zero-order valence-corrected chi connectivity index (χ0v) is 16.5. The lowest BCUT2D eigenvalue weighted by Gasteiger charge is -2.12. The van der Waals surface area contributed by atoms with E-state index in [1.807, 2.05) is 61.5 Å². The van der Waals surface area contributed by atoms with Crippen LogP contribution in [0.15, 0.2) is 77.8 Å². The minimum atomic E-state index is -0.420. The number of nitrogen functional groups attached to an aromatic ring is 1. The molecule has 0 saturated heterocycles. The van der Waals surface area contributed by atoms with E-state index in [4.69, 9.17) is 16.2 Å². The Kier molecular flexibility index (Phi) is 6.14. The molecule has 6 nitrogen and oxygen atoms in total. The number of rotatable bonds is 6. The van der Waals surface area contributed by atoms with Crippen LogP contribution in [0, 0.1) is 0 Å². The van der Waals surface area contributed by atoms with Crippen LogP contribution in [0.5, 0.6) is 5.75 Å². The molecule has 0 heterocycles. The highest BCUT2D eigenvalue weighted by molar-refractivity contribution is 6.11. The molecular formula is C23H24N4O2. The fourth-order valence-corrected chi connectivity index (χ4v) is 2.74. The second-order valence-electron chi connectivity index (χ2n) is 6.77. The Morgan fingerprint density at radius 3 is 2.31 bits per heavy atom. The van der Waals surface area contributed by atoms with Gasteiger partial charge >= 0.3 is 0 Å². The van der Waals surface area contributed by atoms with Crippen molar-refractivity contribution < 1.29 is 9.53 Å². The number of benzene rings is 3. The van der Waals surface area contributed by atoms with Gasteiger partial charge in [0.2, 0.25) is 0 Å². The molecule has 4 N–H and O–H groups in total. The second-order valence-corrected chi connectivity index (χ2v) is 6.77. The third-order valence-corrected chi connectivity index (χ3v) is 4.40. The molecule has 0 aliphatic rings. The molecule has 148 valence electrons. The number of amidine groups is 1. The van der Waals surface area contributed by atoms with Crippen molar-refractivity contribution in [1.29, 1.82) is 0 Å². The van der Waals surface area contributed by atoms with Gasteiger partial charge in [0.25, 0.3) is 5.91 Å². The summed E-state index contributed by atoms with van der Waals surface area (Å²) in [6.07, 6.45) is 0. The summed E-state index contributed by atoms with van der Waals surface area (Å²) in [7, 11) is 3.87. The first-order valence-electron chi connectivity index (χ1n) is 9.16. The molecule has 0 aromatic heterocycles. The number of ether oxygens (including phenoxy) is 1. The minimum absolute atomic E-state index is 0.0683. The normalized spacial score (nSPS) is 11.2. The SMILES string of the molecule is CN(C)c1ccc(C(=O)N=C(N)c2ccc(OCc3ccccc3)cc2N)cc1. The Morgan fingerprint density at radius 2 is 1.69 bits per heavy atom. The smallest absolute Gasteiger partial charge is 0.278 e. The van der Waals surface area contributed by atoms with E-state index in [1.54, 1.807) is 30.3 Å². The van der Waals surface area contributed by atoms with Crippen LogP contribution in [0.1, 0.15) is 21.5 Å². The van der Waals surface area contributed by atoms with Crippen molar-refractivity contribution in [3.05, 3.63) is 89.5 Å². The van der Waals surface area contributed by atoms with Crippen LogP contribution in [0.4, 0.5) is 11.4 Å². The van der Waals surface area contributed by atoms with Gasteiger partial charge in [0, 0.05) is 42.7 Å². The molecule has 0 atom stereocenters. The standard InChI is InChI=1S/C23H24N4O2/c1-27(2)18-10-8-17(9-11-18)23(28)26-22(25)20-13-12-19(14-21(20)24)29-15-16-6-4-3-5-7-16/h3-14H,15,24H2,1-2H3,(H2,25,26,28). The number of nitrogens with zero attached hydrogens (tertiary/aromatic N) is 2. The Bertz CT molecular complexity index is 1010. The van der Waals surface area contributed by atoms with Gasteiger partial charge in [-0.05, 0) is 42.0 Å². The van der Waals surface area contributed by atoms with Gasteiger partial charge in [-0.15, -0.1) is 0 Å². The number of nitrogens with two attached hydrogens (primary N) is 2. The quantitative estimate of drug-likeness (QED) is 0.383. The molecule has 0 saturated carbocycles. The average molecular weight is 388 g/mol. The zero-order chi connectivity index (χ0) is 20.8. The molecule has 0 radical (unpaired) electrons. The fourth-order valence-electron chi connectivity index (χ4n) is 2.74. The van der Waals surface area contributed by atoms with Gasteiger partial charge in [-0.25, -0.2) is 0 Å². The minimum Gasteiger partial charge on any atom is -0.489 e. The van der Waals surface area contributed by atoms with Crippen molar-refractivity contribution >= 4 is 23.1 Å². The molecule has 0 bridgehead atoms. The lowest BCUT2D eigenvalue weighted by molar-refractivity contribution is 0.100. The summed E-state index contributed by atoms with van der Waals surface area (Å²) in [4.78, 5) is 18.4. The monoisotopic (exact) mass is 388 g/mol. The second kappa shape index (κ2) is 8.93. The largest absolute Gasteiger partial charge is 0.489 e. The first kappa shape index (κ1) is 19.9. The maximum atomic E-state index is 12.4. The molecule has 0 aliphatic heterocycles. The highest BCUT2D eigenvalue weighted by Gasteiger charge is 2.10. The van der Waals surface area contributed by atoms with Crippen molar-refractivity contribution in [2.75, 3.05) is 24.7 Å². The molecule has 3 aromatic rings. The Labute approximate surface area is 170 Å². The number of aliphatic imine (C=N–C) groups is 1. The molecule has 6 heteroatoms. The summed E-state index contributed by atoms with van der Waals surface area (Å²) < 4.78 is 5.76. The predicted molar refractivity (Wildman–Crippen MR) is 117 cm³/mol.